The average Bonchev–Trinajstić information content (AvgIpc) is 2.47. The molecule has 0 saturated carbocycles. The number of H-pyrrole nitrogens is 1. The van der Waals surface area contributed by atoms with E-state index in [9.17, 15) is 9.59 Å². The first-order valence-corrected chi connectivity index (χ1v) is 7.62. The fraction of sp³-hybridized carbons (Fsp3) is 0.294. The Morgan fingerprint density at radius 2 is 1.86 bits per heavy atom. The summed E-state index contributed by atoms with van der Waals surface area (Å²) in [6, 6.07) is 10.4. The van der Waals surface area contributed by atoms with E-state index in [0.29, 0.717) is 23.2 Å². The molecule has 5 heteroatoms. The summed E-state index contributed by atoms with van der Waals surface area (Å²) in [7, 11) is 0. The molecule has 1 heterocycles. The molecule has 4 nitrogen and oxygen atoms in total. The Morgan fingerprint density at radius 3 is 2.45 bits per heavy atom. The molecule has 2 aromatic rings. The Morgan fingerprint density at radius 1 is 1.18 bits per heavy atom. The van der Waals surface area contributed by atoms with Gasteiger partial charge < -0.3 is 10.3 Å². The minimum absolute atomic E-state index is 0.126. The molecule has 0 aliphatic heterocycles. The molecule has 1 aromatic heterocycles. The predicted molar refractivity (Wildman–Crippen MR) is 89.3 cm³/mol. The van der Waals surface area contributed by atoms with Crippen LogP contribution >= 0.6 is 11.6 Å². The molecule has 0 bridgehead atoms. The summed E-state index contributed by atoms with van der Waals surface area (Å²) >= 11 is 5.84. The standard InChI is InChI=1S/C17H19ClN2O2/c1-11(2)9-10-19-16(21)14-7-8-15(20-17(14)22)12-3-5-13(18)6-4-12/h3-8,11H,9-10H2,1-2H3,(H,19,21)(H,20,22). The third kappa shape index (κ3) is 4.21. The van der Waals surface area contributed by atoms with Gasteiger partial charge in [0, 0.05) is 17.3 Å². The van der Waals surface area contributed by atoms with Crippen molar-refractivity contribution in [3.8, 4) is 11.3 Å². The molecule has 1 aromatic carbocycles. The van der Waals surface area contributed by atoms with E-state index in [4.69, 9.17) is 11.6 Å². The van der Waals surface area contributed by atoms with E-state index in [0.717, 1.165) is 12.0 Å². The van der Waals surface area contributed by atoms with E-state index in [1.54, 1.807) is 24.3 Å². The lowest BCUT2D eigenvalue weighted by Crippen LogP contribution is -2.30. The first kappa shape index (κ1) is 16.3. The van der Waals surface area contributed by atoms with E-state index in [-0.39, 0.29) is 11.5 Å². The van der Waals surface area contributed by atoms with Crippen molar-refractivity contribution in [1.29, 1.82) is 0 Å². The molecule has 0 saturated heterocycles. The Balaban J connectivity index is 2.14. The van der Waals surface area contributed by atoms with E-state index in [1.807, 2.05) is 12.1 Å². The molecular formula is C17H19ClN2O2. The number of benzene rings is 1. The Bertz CT molecular complexity index is 705. The van der Waals surface area contributed by atoms with Crippen LogP contribution in [0.1, 0.15) is 30.6 Å². The van der Waals surface area contributed by atoms with Crippen LogP contribution in [0.5, 0.6) is 0 Å². The van der Waals surface area contributed by atoms with Crippen molar-refractivity contribution in [3.63, 3.8) is 0 Å². The number of hydrogen-bond acceptors (Lipinski definition) is 2. The van der Waals surface area contributed by atoms with Crippen molar-refractivity contribution in [2.24, 2.45) is 5.92 Å². The molecule has 2 rings (SSSR count). The van der Waals surface area contributed by atoms with Crippen molar-refractivity contribution in [2.75, 3.05) is 6.54 Å². The van der Waals surface area contributed by atoms with Crippen molar-refractivity contribution in [2.45, 2.75) is 20.3 Å². The zero-order valence-corrected chi connectivity index (χ0v) is 13.4. The maximum atomic E-state index is 12.1. The molecule has 2 N–H and O–H groups in total. The van der Waals surface area contributed by atoms with Gasteiger partial charge in [-0.3, -0.25) is 9.59 Å². The van der Waals surface area contributed by atoms with Crippen molar-refractivity contribution in [1.82, 2.24) is 10.3 Å². The molecule has 116 valence electrons. The molecule has 0 aliphatic carbocycles. The van der Waals surface area contributed by atoms with Crippen LogP contribution in [0.2, 0.25) is 5.02 Å². The van der Waals surface area contributed by atoms with Crippen LogP contribution in [-0.2, 0) is 0 Å². The minimum Gasteiger partial charge on any atom is -0.352 e. The fourth-order valence-corrected chi connectivity index (χ4v) is 2.15. The lowest BCUT2D eigenvalue weighted by Gasteiger charge is -2.07. The summed E-state index contributed by atoms with van der Waals surface area (Å²) in [5.74, 6) is 0.162. The Kier molecular flexibility index (Phi) is 5.39. The van der Waals surface area contributed by atoms with Crippen LogP contribution < -0.4 is 10.9 Å². The number of carbonyl (C=O) groups is 1. The van der Waals surface area contributed by atoms with Crippen molar-refractivity contribution in [3.05, 3.63) is 57.3 Å². The van der Waals surface area contributed by atoms with Gasteiger partial charge in [-0.2, -0.15) is 0 Å². The Hall–Kier alpha value is -2.07. The van der Waals surface area contributed by atoms with E-state index in [1.165, 1.54) is 0 Å². The number of halogens is 1. The van der Waals surface area contributed by atoms with Crippen LogP contribution in [0.3, 0.4) is 0 Å². The van der Waals surface area contributed by atoms with E-state index < -0.39 is 5.56 Å². The second-order valence-electron chi connectivity index (χ2n) is 5.56. The van der Waals surface area contributed by atoms with Crippen LogP contribution in [0.4, 0.5) is 0 Å². The highest BCUT2D eigenvalue weighted by atomic mass is 35.5. The van der Waals surface area contributed by atoms with Gasteiger partial charge in [-0.25, -0.2) is 0 Å². The molecule has 0 atom stereocenters. The zero-order chi connectivity index (χ0) is 16.1. The monoisotopic (exact) mass is 318 g/mol. The number of nitrogens with one attached hydrogen (secondary N) is 2. The number of amides is 1. The number of aromatic nitrogens is 1. The second kappa shape index (κ2) is 7.27. The van der Waals surface area contributed by atoms with Gasteiger partial charge in [0.15, 0.2) is 0 Å². The minimum atomic E-state index is -0.394. The first-order valence-electron chi connectivity index (χ1n) is 7.25. The van der Waals surface area contributed by atoms with E-state index in [2.05, 4.69) is 24.1 Å². The molecule has 0 unspecified atom stereocenters. The summed E-state index contributed by atoms with van der Waals surface area (Å²) in [4.78, 5) is 26.8. The summed E-state index contributed by atoms with van der Waals surface area (Å²) in [5, 5.41) is 3.39. The topological polar surface area (TPSA) is 62.0 Å². The number of rotatable bonds is 5. The number of carbonyl (C=O) groups excluding carboxylic acids is 1. The molecule has 0 spiro atoms. The largest absolute Gasteiger partial charge is 0.352 e. The van der Waals surface area contributed by atoms with Gasteiger partial charge in [0.05, 0.1) is 0 Å². The summed E-state index contributed by atoms with van der Waals surface area (Å²) in [6.07, 6.45) is 0.881. The fourth-order valence-electron chi connectivity index (χ4n) is 2.02. The lowest BCUT2D eigenvalue weighted by atomic mass is 10.1. The zero-order valence-electron chi connectivity index (χ0n) is 12.7. The molecule has 0 fully saturated rings. The molecule has 0 radical (unpaired) electrons. The van der Waals surface area contributed by atoms with Gasteiger partial charge in [0.2, 0.25) is 0 Å². The summed E-state index contributed by atoms with van der Waals surface area (Å²) < 4.78 is 0. The predicted octanol–water partition coefficient (Wildman–Crippen LogP) is 3.47. The molecule has 1 amide bonds. The quantitative estimate of drug-likeness (QED) is 0.886. The van der Waals surface area contributed by atoms with Crippen molar-refractivity contribution < 1.29 is 4.79 Å². The lowest BCUT2D eigenvalue weighted by molar-refractivity contribution is 0.0950. The molecule has 0 aliphatic rings. The molecule has 22 heavy (non-hydrogen) atoms. The van der Waals surface area contributed by atoms with Crippen LogP contribution in [-0.4, -0.2) is 17.4 Å². The SMILES string of the molecule is CC(C)CCNC(=O)c1ccc(-c2ccc(Cl)cc2)[nH]c1=O. The third-order valence-electron chi connectivity index (χ3n) is 3.32. The smallest absolute Gasteiger partial charge is 0.261 e. The van der Waals surface area contributed by atoms with Crippen LogP contribution in [0, 0.1) is 5.92 Å². The highest BCUT2D eigenvalue weighted by Gasteiger charge is 2.11. The Labute approximate surface area is 134 Å². The summed E-state index contributed by atoms with van der Waals surface area (Å²) in [5.41, 5.74) is 1.23. The van der Waals surface area contributed by atoms with Gasteiger partial charge >= 0.3 is 0 Å². The average molecular weight is 319 g/mol. The maximum absolute atomic E-state index is 12.1. The highest BCUT2D eigenvalue weighted by molar-refractivity contribution is 6.30. The van der Waals surface area contributed by atoms with Crippen LogP contribution in [0.25, 0.3) is 11.3 Å². The summed E-state index contributed by atoms with van der Waals surface area (Å²) in [6.45, 7) is 4.73. The first-order chi connectivity index (χ1) is 10.5. The van der Waals surface area contributed by atoms with E-state index >= 15 is 0 Å². The maximum Gasteiger partial charge on any atom is 0.261 e. The number of pyridine rings is 1. The van der Waals surface area contributed by atoms with Gasteiger partial charge in [0.25, 0.3) is 11.5 Å². The molecular weight excluding hydrogens is 300 g/mol. The highest BCUT2D eigenvalue weighted by Crippen LogP contribution is 2.18. The van der Waals surface area contributed by atoms with Gasteiger partial charge in [0.1, 0.15) is 5.56 Å². The van der Waals surface area contributed by atoms with Gasteiger partial charge in [-0.05, 0) is 42.2 Å². The van der Waals surface area contributed by atoms with Crippen molar-refractivity contribution >= 4 is 17.5 Å². The second-order valence-corrected chi connectivity index (χ2v) is 6.00. The number of hydrogen-bond donors (Lipinski definition) is 2. The third-order valence-corrected chi connectivity index (χ3v) is 3.57. The number of aromatic amines is 1. The normalized spacial score (nSPS) is 10.7. The van der Waals surface area contributed by atoms with Gasteiger partial charge in [-0.15, -0.1) is 0 Å². The van der Waals surface area contributed by atoms with Crippen LogP contribution in [0.15, 0.2) is 41.2 Å². The van der Waals surface area contributed by atoms with Gasteiger partial charge in [-0.1, -0.05) is 37.6 Å².